The van der Waals surface area contributed by atoms with Gasteiger partial charge in [0.25, 0.3) is 0 Å². The maximum atomic E-state index is 3.78. The molecule has 1 N–H and O–H groups in total. The second-order valence-electron chi connectivity index (χ2n) is 5.19. The minimum atomic E-state index is 0.580. The number of nitrogens with one attached hydrogen (secondary N) is 1. The van der Waals surface area contributed by atoms with Crippen LogP contribution in [-0.2, 0) is 12.8 Å². The number of rotatable bonds is 4. The van der Waals surface area contributed by atoms with E-state index in [1.165, 1.54) is 28.8 Å². The Morgan fingerprint density at radius 3 is 2.63 bits per heavy atom. The lowest BCUT2D eigenvalue weighted by molar-refractivity contribution is 0.675. The lowest BCUT2D eigenvalue weighted by Crippen LogP contribution is -2.16. The molecule has 0 bridgehead atoms. The van der Waals surface area contributed by atoms with E-state index in [0.29, 0.717) is 6.04 Å². The van der Waals surface area contributed by atoms with Crippen LogP contribution in [0.1, 0.15) is 23.1 Å². The van der Waals surface area contributed by atoms with Crippen LogP contribution in [0.3, 0.4) is 0 Å². The van der Waals surface area contributed by atoms with Gasteiger partial charge < -0.3 is 5.32 Å². The van der Waals surface area contributed by atoms with E-state index in [0.717, 1.165) is 12.8 Å². The summed E-state index contributed by atoms with van der Waals surface area (Å²) in [4.78, 5) is 0. The van der Waals surface area contributed by atoms with Crippen LogP contribution in [0.4, 0.5) is 5.69 Å². The molecule has 3 rings (SSSR count). The zero-order valence-electron chi connectivity index (χ0n) is 11.1. The lowest BCUT2D eigenvalue weighted by Gasteiger charge is -2.11. The van der Waals surface area contributed by atoms with Crippen molar-refractivity contribution in [1.29, 1.82) is 0 Å². The van der Waals surface area contributed by atoms with Crippen LogP contribution in [0.25, 0.3) is 6.08 Å². The molecule has 0 aliphatic carbocycles. The van der Waals surface area contributed by atoms with Gasteiger partial charge in [-0.05, 0) is 42.0 Å². The first-order valence-corrected chi connectivity index (χ1v) is 6.91. The zero-order chi connectivity index (χ0) is 13.1. The maximum Gasteiger partial charge on any atom is 0.0375 e. The Morgan fingerprint density at radius 2 is 1.89 bits per heavy atom. The van der Waals surface area contributed by atoms with E-state index in [2.05, 4.69) is 60.4 Å². The fourth-order valence-corrected chi connectivity index (χ4v) is 2.71. The third-order valence-corrected chi connectivity index (χ3v) is 3.84. The molecule has 0 fully saturated rings. The Morgan fingerprint density at radius 1 is 1.11 bits per heavy atom. The monoisotopic (exact) mass is 249 g/mol. The van der Waals surface area contributed by atoms with E-state index in [4.69, 9.17) is 0 Å². The van der Waals surface area contributed by atoms with Crippen molar-refractivity contribution in [3.63, 3.8) is 0 Å². The van der Waals surface area contributed by atoms with Gasteiger partial charge in [0.15, 0.2) is 0 Å². The largest absolute Gasteiger partial charge is 0.382 e. The first kappa shape index (κ1) is 12.0. The highest BCUT2D eigenvalue weighted by molar-refractivity contribution is 5.56. The van der Waals surface area contributed by atoms with Crippen molar-refractivity contribution in [2.45, 2.75) is 25.3 Å². The Labute approximate surface area is 115 Å². The molecule has 0 spiro atoms. The van der Waals surface area contributed by atoms with Crippen LogP contribution in [-0.4, -0.2) is 6.04 Å². The van der Waals surface area contributed by atoms with Crippen molar-refractivity contribution < 1.29 is 0 Å². The Hall–Kier alpha value is -2.02. The van der Waals surface area contributed by atoms with Crippen molar-refractivity contribution >= 4 is 11.8 Å². The van der Waals surface area contributed by atoms with Crippen LogP contribution in [0.15, 0.2) is 55.1 Å². The first-order valence-electron chi connectivity index (χ1n) is 6.91. The molecule has 1 aliphatic heterocycles. The summed E-state index contributed by atoms with van der Waals surface area (Å²) in [6.45, 7) is 3.78. The fraction of sp³-hybridized carbons (Fsp3) is 0.222. The number of aryl methyl sites for hydroxylation is 1. The molecule has 1 aliphatic rings. The molecule has 0 saturated heterocycles. The molecule has 1 heterocycles. The molecule has 0 aromatic heterocycles. The molecule has 1 atom stereocenters. The summed E-state index contributed by atoms with van der Waals surface area (Å²) in [7, 11) is 0. The Kier molecular flexibility index (Phi) is 3.37. The van der Waals surface area contributed by atoms with Gasteiger partial charge in [-0.15, -0.1) is 0 Å². The number of hydrogen-bond acceptors (Lipinski definition) is 1. The average Bonchev–Trinajstić information content (AvgIpc) is 2.88. The highest BCUT2D eigenvalue weighted by Crippen LogP contribution is 2.27. The van der Waals surface area contributed by atoms with Crippen molar-refractivity contribution in [2.24, 2.45) is 0 Å². The first-order chi connectivity index (χ1) is 9.35. The van der Waals surface area contributed by atoms with Gasteiger partial charge in [0.1, 0.15) is 0 Å². The predicted octanol–water partition coefficient (Wildman–Crippen LogP) is 4.30. The van der Waals surface area contributed by atoms with E-state index >= 15 is 0 Å². The zero-order valence-corrected chi connectivity index (χ0v) is 11.1. The predicted molar refractivity (Wildman–Crippen MR) is 82.4 cm³/mol. The van der Waals surface area contributed by atoms with Gasteiger partial charge in [-0.25, -0.2) is 0 Å². The summed E-state index contributed by atoms with van der Waals surface area (Å²) in [6, 6.07) is 17.9. The highest BCUT2D eigenvalue weighted by Gasteiger charge is 2.19. The molecule has 96 valence electrons. The molecule has 0 amide bonds. The van der Waals surface area contributed by atoms with Gasteiger partial charge in [0, 0.05) is 11.7 Å². The molecule has 1 heteroatoms. The summed E-state index contributed by atoms with van der Waals surface area (Å²) >= 11 is 0. The highest BCUT2D eigenvalue weighted by atomic mass is 14.9. The van der Waals surface area contributed by atoms with E-state index < -0.39 is 0 Å². The summed E-state index contributed by atoms with van der Waals surface area (Å²) in [5.74, 6) is 0. The second-order valence-corrected chi connectivity index (χ2v) is 5.19. The second kappa shape index (κ2) is 5.31. The fourth-order valence-electron chi connectivity index (χ4n) is 2.71. The lowest BCUT2D eigenvalue weighted by atomic mass is 10.0. The van der Waals surface area contributed by atoms with Gasteiger partial charge in [-0.3, -0.25) is 0 Å². The molecule has 2 aromatic carbocycles. The molecular formula is C18H19N. The maximum absolute atomic E-state index is 3.78. The molecule has 1 nitrogen and oxygen atoms in total. The van der Waals surface area contributed by atoms with E-state index in [1.54, 1.807) is 0 Å². The molecule has 2 aromatic rings. The number of benzene rings is 2. The van der Waals surface area contributed by atoms with Gasteiger partial charge in [-0.1, -0.05) is 55.1 Å². The van der Waals surface area contributed by atoms with Gasteiger partial charge in [0.2, 0.25) is 0 Å². The summed E-state index contributed by atoms with van der Waals surface area (Å²) < 4.78 is 0. The number of anilines is 1. The van der Waals surface area contributed by atoms with E-state index in [-0.39, 0.29) is 0 Å². The SMILES string of the molecule is C=Cc1ccc(CCC2Cc3ccccc3N2)cc1. The molecule has 19 heavy (non-hydrogen) atoms. The summed E-state index contributed by atoms with van der Waals surface area (Å²) in [5, 5.41) is 3.61. The van der Waals surface area contributed by atoms with Gasteiger partial charge in [-0.2, -0.15) is 0 Å². The van der Waals surface area contributed by atoms with Crippen molar-refractivity contribution in [1.82, 2.24) is 0 Å². The molecular weight excluding hydrogens is 230 g/mol. The standard InChI is InChI=1S/C18H19N/c1-2-14-7-9-15(10-8-14)11-12-17-13-16-5-3-4-6-18(16)19-17/h2-10,17,19H,1,11-13H2. The Balaban J connectivity index is 1.58. The minimum Gasteiger partial charge on any atom is -0.382 e. The van der Waals surface area contributed by atoms with E-state index in [1.807, 2.05) is 6.08 Å². The van der Waals surface area contributed by atoms with Crippen molar-refractivity contribution in [2.75, 3.05) is 5.32 Å². The normalized spacial score (nSPS) is 16.7. The van der Waals surface area contributed by atoms with Crippen molar-refractivity contribution in [3.8, 4) is 0 Å². The van der Waals surface area contributed by atoms with Gasteiger partial charge in [0.05, 0.1) is 0 Å². The van der Waals surface area contributed by atoms with Crippen LogP contribution in [0.5, 0.6) is 0 Å². The third kappa shape index (κ3) is 2.70. The third-order valence-electron chi connectivity index (χ3n) is 3.84. The van der Waals surface area contributed by atoms with E-state index in [9.17, 15) is 0 Å². The van der Waals surface area contributed by atoms with Crippen LogP contribution in [0, 0.1) is 0 Å². The number of hydrogen-bond donors (Lipinski definition) is 1. The van der Waals surface area contributed by atoms with Crippen LogP contribution >= 0.6 is 0 Å². The van der Waals surface area contributed by atoms with Crippen molar-refractivity contribution in [3.05, 3.63) is 71.8 Å². The quantitative estimate of drug-likeness (QED) is 0.852. The van der Waals surface area contributed by atoms with Gasteiger partial charge >= 0.3 is 0 Å². The minimum absolute atomic E-state index is 0.580. The summed E-state index contributed by atoms with van der Waals surface area (Å²) in [5.41, 5.74) is 5.36. The molecule has 1 unspecified atom stereocenters. The average molecular weight is 249 g/mol. The number of para-hydroxylation sites is 1. The topological polar surface area (TPSA) is 12.0 Å². The Bertz CT molecular complexity index is 543. The molecule has 0 saturated carbocycles. The smallest absolute Gasteiger partial charge is 0.0375 e. The van der Waals surface area contributed by atoms with Crippen LogP contribution < -0.4 is 5.32 Å². The molecule has 0 radical (unpaired) electrons. The summed E-state index contributed by atoms with van der Waals surface area (Å²) in [6.07, 6.45) is 5.35. The number of fused-ring (bicyclic) bond motifs is 1. The van der Waals surface area contributed by atoms with Crippen LogP contribution in [0.2, 0.25) is 0 Å².